The highest BCUT2D eigenvalue weighted by Crippen LogP contribution is 1.54. The van der Waals surface area contributed by atoms with Gasteiger partial charge in [0, 0.05) is 13.1 Å². The first-order valence-electron chi connectivity index (χ1n) is 2.41. The molecular weight excluding hydrogens is 92.1 g/mol. The Morgan fingerprint density at radius 3 is 1.86 bits per heavy atom. The average Bonchev–Trinajstić information content (AvgIpc) is 1.90. The number of nitrogens with one attached hydrogen (secondary N) is 4. The van der Waals surface area contributed by atoms with Crippen molar-refractivity contribution in [2.24, 2.45) is 0 Å². The van der Waals surface area contributed by atoms with Gasteiger partial charge in [-0.3, -0.25) is 10.9 Å². The molecule has 0 bridgehead atoms. The minimum atomic E-state index is 0.778. The van der Waals surface area contributed by atoms with Crippen molar-refractivity contribution in [1.29, 1.82) is 0 Å². The Morgan fingerprint density at radius 1 is 0.714 bits per heavy atom. The van der Waals surface area contributed by atoms with E-state index in [9.17, 15) is 0 Å². The van der Waals surface area contributed by atoms with Crippen molar-refractivity contribution in [1.82, 2.24) is 21.7 Å². The first kappa shape index (κ1) is 4.99. The molecule has 0 aliphatic carbocycles. The summed E-state index contributed by atoms with van der Waals surface area (Å²) in [5.41, 5.74) is 11.8. The predicted octanol–water partition coefficient (Wildman–Crippen LogP) is -1.85. The number of hydrogen-bond acceptors (Lipinski definition) is 4. The van der Waals surface area contributed by atoms with Crippen LogP contribution in [0, 0.1) is 0 Å². The van der Waals surface area contributed by atoms with Crippen LogP contribution in [-0.2, 0) is 0 Å². The van der Waals surface area contributed by atoms with Gasteiger partial charge in [0.05, 0.1) is 6.67 Å². The van der Waals surface area contributed by atoms with E-state index in [1.165, 1.54) is 0 Å². The van der Waals surface area contributed by atoms with Crippen LogP contribution in [0.3, 0.4) is 0 Å². The second-order valence-electron chi connectivity index (χ2n) is 1.38. The van der Waals surface area contributed by atoms with E-state index in [0.717, 1.165) is 19.8 Å². The summed E-state index contributed by atoms with van der Waals surface area (Å²) < 4.78 is 0. The maximum Gasteiger partial charge on any atom is 0.0720 e. The van der Waals surface area contributed by atoms with E-state index in [4.69, 9.17) is 0 Å². The molecule has 0 atom stereocenters. The number of hydrazine groups is 2. The lowest BCUT2D eigenvalue weighted by Gasteiger charge is -1.96. The molecule has 4 heteroatoms. The molecule has 1 aliphatic rings. The summed E-state index contributed by atoms with van der Waals surface area (Å²) in [6, 6.07) is 0. The first-order chi connectivity index (χ1) is 3.50. The molecule has 0 aromatic carbocycles. The van der Waals surface area contributed by atoms with Crippen LogP contribution in [0.4, 0.5) is 0 Å². The molecular formula is C3H10N4. The maximum absolute atomic E-state index is 2.97. The largest absolute Gasteiger partial charge is 0.255 e. The molecule has 0 unspecified atom stereocenters. The average molecular weight is 102 g/mol. The summed E-state index contributed by atoms with van der Waals surface area (Å²) in [5.74, 6) is 0. The van der Waals surface area contributed by atoms with Crippen LogP contribution >= 0.6 is 0 Å². The molecule has 1 rings (SSSR count). The summed E-state index contributed by atoms with van der Waals surface area (Å²) in [4.78, 5) is 0. The third kappa shape index (κ3) is 1.84. The molecule has 0 aromatic rings. The number of hydrogen-bond donors (Lipinski definition) is 4. The van der Waals surface area contributed by atoms with Gasteiger partial charge in [0.25, 0.3) is 0 Å². The van der Waals surface area contributed by atoms with E-state index in [1.54, 1.807) is 0 Å². The van der Waals surface area contributed by atoms with E-state index in [0.29, 0.717) is 0 Å². The fraction of sp³-hybridized carbons (Fsp3) is 1.00. The Kier molecular flexibility index (Phi) is 2.08. The maximum atomic E-state index is 2.97. The first-order valence-corrected chi connectivity index (χ1v) is 2.41. The Hall–Kier alpha value is -0.160. The van der Waals surface area contributed by atoms with Gasteiger partial charge in [-0.05, 0) is 0 Å². The highest BCUT2D eigenvalue weighted by Gasteiger charge is 1.89. The highest BCUT2D eigenvalue weighted by molar-refractivity contribution is 4.47. The standard InChI is InChI=1S/C3H10N4/c1-2-5-7-3-6-4-1/h4-7H,1-3H2. The second kappa shape index (κ2) is 2.92. The van der Waals surface area contributed by atoms with E-state index in [-0.39, 0.29) is 0 Å². The third-order valence-electron chi connectivity index (χ3n) is 0.802. The summed E-state index contributed by atoms with van der Waals surface area (Å²) >= 11 is 0. The molecule has 0 spiro atoms. The molecule has 4 nitrogen and oxygen atoms in total. The van der Waals surface area contributed by atoms with E-state index < -0.39 is 0 Å². The van der Waals surface area contributed by atoms with Crippen LogP contribution < -0.4 is 21.7 Å². The molecule has 1 aliphatic heterocycles. The van der Waals surface area contributed by atoms with E-state index in [1.807, 2.05) is 0 Å². The highest BCUT2D eigenvalue weighted by atomic mass is 15.5. The zero-order valence-corrected chi connectivity index (χ0v) is 4.12. The molecule has 1 fully saturated rings. The minimum absolute atomic E-state index is 0.778. The van der Waals surface area contributed by atoms with Gasteiger partial charge in [-0.25, -0.2) is 10.9 Å². The summed E-state index contributed by atoms with van der Waals surface area (Å²) in [6.45, 7) is 2.71. The van der Waals surface area contributed by atoms with Crippen LogP contribution in [-0.4, -0.2) is 19.8 Å². The van der Waals surface area contributed by atoms with Crippen molar-refractivity contribution in [2.75, 3.05) is 19.8 Å². The third-order valence-corrected chi connectivity index (χ3v) is 0.802. The SMILES string of the molecule is C1CNNCNN1. The molecule has 42 valence electrons. The predicted molar refractivity (Wildman–Crippen MR) is 27.1 cm³/mol. The Morgan fingerprint density at radius 2 is 1.29 bits per heavy atom. The molecule has 4 N–H and O–H groups in total. The molecule has 1 heterocycles. The smallest absolute Gasteiger partial charge is 0.0720 e. The van der Waals surface area contributed by atoms with Crippen molar-refractivity contribution in [3.63, 3.8) is 0 Å². The van der Waals surface area contributed by atoms with Crippen LogP contribution in [0.2, 0.25) is 0 Å². The lowest BCUT2D eigenvalue weighted by atomic mass is 10.7. The van der Waals surface area contributed by atoms with Gasteiger partial charge in [0.15, 0.2) is 0 Å². The number of rotatable bonds is 0. The van der Waals surface area contributed by atoms with Crippen LogP contribution in [0.1, 0.15) is 0 Å². The zero-order chi connectivity index (χ0) is 4.95. The summed E-state index contributed by atoms with van der Waals surface area (Å²) in [5, 5.41) is 0. The van der Waals surface area contributed by atoms with Crippen molar-refractivity contribution in [3.05, 3.63) is 0 Å². The summed E-state index contributed by atoms with van der Waals surface area (Å²) in [6.07, 6.45) is 0. The fourth-order valence-electron chi connectivity index (χ4n) is 0.471. The lowest BCUT2D eigenvalue weighted by Crippen LogP contribution is -2.37. The van der Waals surface area contributed by atoms with Crippen molar-refractivity contribution in [3.8, 4) is 0 Å². The normalized spacial score (nSPS) is 24.0. The van der Waals surface area contributed by atoms with Gasteiger partial charge < -0.3 is 0 Å². The van der Waals surface area contributed by atoms with Crippen molar-refractivity contribution >= 4 is 0 Å². The van der Waals surface area contributed by atoms with Crippen molar-refractivity contribution in [2.45, 2.75) is 0 Å². The lowest BCUT2D eigenvalue weighted by molar-refractivity contribution is 0.527. The van der Waals surface area contributed by atoms with E-state index >= 15 is 0 Å². The second-order valence-corrected chi connectivity index (χ2v) is 1.38. The van der Waals surface area contributed by atoms with Gasteiger partial charge in [0.2, 0.25) is 0 Å². The quantitative estimate of drug-likeness (QED) is 0.290. The zero-order valence-electron chi connectivity index (χ0n) is 4.12. The molecule has 0 amide bonds. The van der Waals surface area contributed by atoms with Gasteiger partial charge >= 0.3 is 0 Å². The van der Waals surface area contributed by atoms with Crippen LogP contribution in [0.5, 0.6) is 0 Å². The van der Waals surface area contributed by atoms with Crippen LogP contribution in [0.15, 0.2) is 0 Å². The Balaban J connectivity index is 2.04. The van der Waals surface area contributed by atoms with Gasteiger partial charge in [-0.15, -0.1) is 0 Å². The molecule has 7 heavy (non-hydrogen) atoms. The summed E-state index contributed by atoms with van der Waals surface area (Å²) in [7, 11) is 0. The van der Waals surface area contributed by atoms with Crippen molar-refractivity contribution < 1.29 is 0 Å². The fourth-order valence-corrected chi connectivity index (χ4v) is 0.471. The minimum Gasteiger partial charge on any atom is -0.255 e. The van der Waals surface area contributed by atoms with Gasteiger partial charge in [-0.1, -0.05) is 0 Å². The Labute approximate surface area is 42.6 Å². The monoisotopic (exact) mass is 102 g/mol. The molecule has 0 aromatic heterocycles. The Bertz CT molecular complexity index is 26.5. The molecule has 0 radical (unpaired) electrons. The van der Waals surface area contributed by atoms with Gasteiger partial charge in [-0.2, -0.15) is 0 Å². The molecule has 0 saturated carbocycles. The van der Waals surface area contributed by atoms with Gasteiger partial charge in [0.1, 0.15) is 0 Å². The topological polar surface area (TPSA) is 48.1 Å². The van der Waals surface area contributed by atoms with E-state index in [2.05, 4.69) is 21.7 Å². The van der Waals surface area contributed by atoms with Crippen LogP contribution in [0.25, 0.3) is 0 Å². The molecule has 1 saturated heterocycles.